The largest absolute Gasteiger partial charge is 0.357 e. The Kier molecular flexibility index (Phi) is 11.6. The molecule has 0 radical (unpaired) electrons. The molecule has 8 nitrogen and oxygen atoms in total. The van der Waals surface area contributed by atoms with Crippen LogP contribution in [-0.4, -0.2) is 77.5 Å². The van der Waals surface area contributed by atoms with E-state index in [-0.39, 0.29) is 29.9 Å². The van der Waals surface area contributed by atoms with Crippen molar-refractivity contribution in [2.24, 2.45) is 10.9 Å². The van der Waals surface area contributed by atoms with Crippen molar-refractivity contribution in [2.75, 3.05) is 40.3 Å². The number of hydrogen-bond donors (Lipinski definition) is 2. The molecule has 0 aromatic carbocycles. The van der Waals surface area contributed by atoms with E-state index in [9.17, 15) is 4.79 Å². The van der Waals surface area contributed by atoms with E-state index in [2.05, 4.69) is 45.9 Å². The molecular formula is C20H38IN7O. The number of imidazole rings is 1. The number of aliphatic imine (C=N–C) groups is 1. The second-order valence-electron chi connectivity index (χ2n) is 8.07. The average molecular weight is 519 g/mol. The van der Waals surface area contributed by atoms with Crippen molar-refractivity contribution in [3.05, 3.63) is 18.2 Å². The lowest BCUT2D eigenvalue weighted by molar-refractivity contribution is -0.130. The molecular weight excluding hydrogens is 481 g/mol. The number of likely N-dealkylation sites (N-methyl/N-ethyl adjacent to an activating group) is 1. The zero-order valence-electron chi connectivity index (χ0n) is 18.5. The van der Waals surface area contributed by atoms with Crippen LogP contribution in [0.2, 0.25) is 0 Å². The Morgan fingerprint density at radius 1 is 1.34 bits per heavy atom. The van der Waals surface area contributed by atoms with Gasteiger partial charge in [0.25, 0.3) is 0 Å². The van der Waals surface area contributed by atoms with Crippen molar-refractivity contribution in [1.82, 2.24) is 30.0 Å². The van der Waals surface area contributed by atoms with Gasteiger partial charge in [-0.2, -0.15) is 0 Å². The fourth-order valence-corrected chi connectivity index (χ4v) is 3.28. The van der Waals surface area contributed by atoms with Crippen LogP contribution in [0.5, 0.6) is 0 Å². The second kappa shape index (κ2) is 13.0. The fourth-order valence-electron chi connectivity index (χ4n) is 3.28. The molecule has 29 heavy (non-hydrogen) atoms. The number of amides is 1. The molecule has 166 valence electrons. The number of carbonyl (C=O) groups is 1. The minimum atomic E-state index is 0. The second-order valence-corrected chi connectivity index (χ2v) is 8.07. The summed E-state index contributed by atoms with van der Waals surface area (Å²) in [7, 11) is 3.62. The van der Waals surface area contributed by atoms with E-state index in [0.29, 0.717) is 25.0 Å². The van der Waals surface area contributed by atoms with Crippen LogP contribution in [0.25, 0.3) is 0 Å². The maximum absolute atomic E-state index is 11.9. The molecule has 0 saturated carbocycles. The lowest BCUT2D eigenvalue weighted by Crippen LogP contribution is -2.50. The molecule has 1 aromatic heterocycles. The van der Waals surface area contributed by atoms with E-state index < -0.39 is 0 Å². The van der Waals surface area contributed by atoms with E-state index >= 15 is 0 Å². The molecule has 1 aliphatic rings. The number of nitrogens with zero attached hydrogens (tertiary/aromatic N) is 5. The minimum absolute atomic E-state index is 0. The molecule has 0 aliphatic carbocycles. The standard InChI is InChI=1S/C20H37N7O.HI/c1-6-21-20(23-13-18-22-9-12-27(18)14-16(2)3)24-17-7-10-26(11-8-17)15-19(28)25(4)5;/h9,12,16-17H,6-8,10-11,13-15H2,1-5H3,(H2,21,23,24);1H. The Balaban J connectivity index is 0.00000420. The zero-order chi connectivity index (χ0) is 20.5. The summed E-state index contributed by atoms with van der Waals surface area (Å²) < 4.78 is 2.18. The van der Waals surface area contributed by atoms with Crippen LogP contribution in [0.4, 0.5) is 0 Å². The quantitative estimate of drug-likeness (QED) is 0.311. The van der Waals surface area contributed by atoms with Gasteiger partial charge in [-0.3, -0.25) is 9.69 Å². The molecule has 0 unspecified atom stereocenters. The summed E-state index contributed by atoms with van der Waals surface area (Å²) in [5.74, 6) is 2.57. The van der Waals surface area contributed by atoms with Crippen LogP contribution in [-0.2, 0) is 17.9 Å². The molecule has 0 bridgehead atoms. The van der Waals surface area contributed by atoms with Gasteiger partial charge in [0.2, 0.25) is 5.91 Å². The Labute approximate surface area is 192 Å². The lowest BCUT2D eigenvalue weighted by atomic mass is 10.1. The van der Waals surface area contributed by atoms with Crippen LogP contribution < -0.4 is 10.6 Å². The third-order valence-corrected chi connectivity index (χ3v) is 4.87. The summed E-state index contributed by atoms with van der Waals surface area (Å²) in [6.45, 7) is 11.2. The predicted molar refractivity (Wildman–Crippen MR) is 129 cm³/mol. The average Bonchev–Trinajstić information content (AvgIpc) is 3.07. The Bertz CT molecular complexity index is 637. The van der Waals surface area contributed by atoms with E-state index in [1.807, 2.05) is 26.5 Å². The number of rotatable bonds is 8. The molecule has 1 amide bonds. The third-order valence-electron chi connectivity index (χ3n) is 4.87. The van der Waals surface area contributed by atoms with Crippen molar-refractivity contribution in [2.45, 2.75) is 52.7 Å². The van der Waals surface area contributed by atoms with Crippen molar-refractivity contribution < 1.29 is 4.79 Å². The number of halogens is 1. The number of piperidine rings is 1. The lowest BCUT2D eigenvalue weighted by Gasteiger charge is -2.33. The third kappa shape index (κ3) is 8.90. The minimum Gasteiger partial charge on any atom is -0.357 e. The summed E-state index contributed by atoms with van der Waals surface area (Å²) in [5, 5.41) is 6.89. The van der Waals surface area contributed by atoms with Crippen LogP contribution in [0.15, 0.2) is 17.4 Å². The first-order chi connectivity index (χ1) is 13.4. The SMILES string of the molecule is CCNC(=NCc1nccn1CC(C)C)NC1CCN(CC(=O)N(C)C)CC1.I. The summed E-state index contributed by atoms with van der Waals surface area (Å²) in [5.41, 5.74) is 0. The maximum atomic E-state index is 11.9. The molecule has 0 spiro atoms. The summed E-state index contributed by atoms with van der Waals surface area (Å²) in [6, 6.07) is 0.374. The van der Waals surface area contributed by atoms with Gasteiger partial charge in [-0.05, 0) is 25.7 Å². The van der Waals surface area contributed by atoms with Gasteiger partial charge in [0.1, 0.15) is 12.4 Å². The number of hydrogen-bond acceptors (Lipinski definition) is 4. The van der Waals surface area contributed by atoms with E-state index in [0.717, 1.165) is 50.8 Å². The smallest absolute Gasteiger partial charge is 0.236 e. The Morgan fingerprint density at radius 3 is 2.62 bits per heavy atom. The maximum Gasteiger partial charge on any atom is 0.236 e. The molecule has 2 rings (SSSR count). The van der Waals surface area contributed by atoms with Crippen molar-refractivity contribution >= 4 is 35.8 Å². The molecule has 1 aromatic rings. The first-order valence-corrected chi connectivity index (χ1v) is 10.4. The Morgan fingerprint density at radius 2 is 2.03 bits per heavy atom. The van der Waals surface area contributed by atoms with Gasteiger partial charge >= 0.3 is 0 Å². The van der Waals surface area contributed by atoms with Gasteiger partial charge in [-0.1, -0.05) is 13.8 Å². The number of nitrogens with one attached hydrogen (secondary N) is 2. The molecule has 2 heterocycles. The van der Waals surface area contributed by atoms with E-state index in [4.69, 9.17) is 4.99 Å². The topological polar surface area (TPSA) is 77.8 Å². The number of guanidine groups is 1. The summed E-state index contributed by atoms with van der Waals surface area (Å²) in [6.07, 6.45) is 5.88. The molecule has 1 fully saturated rings. The van der Waals surface area contributed by atoms with E-state index in [1.165, 1.54) is 0 Å². The highest BCUT2D eigenvalue weighted by molar-refractivity contribution is 14.0. The highest BCUT2D eigenvalue weighted by atomic mass is 127. The molecule has 1 aliphatic heterocycles. The monoisotopic (exact) mass is 519 g/mol. The molecule has 2 N–H and O–H groups in total. The first-order valence-electron chi connectivity index (χ1n) is 10.4. The fraction of sp³-hybridized carbons (Fsp3) is 0.750. The highest BCUT2D eigenvalue weighted by Crippen LogP contribution is 2.10. The molecule has 1 saturated heterocycles. The van der Waals surface area contributed by atoms with Gasteiger partial charge in [-0.25, -0.2) is 9.98 Å². The van der Waals surface area contributed by atoms with Crippen LogP contribution in [0, 0.1) is 5.92 Å². The first kappa shape index (κ1) is 25.7. The van der Waals surface area contributed by atoms with Crippen molar-refractivity contribution in [3.63, 3.8) is 0 Å². The molecule has 9 heteroatoms. The van der Waals surface area contributed by atoms with Gasteiger partial charge in [-0.15, -0.1) is 24.0 Å². The zero-order valence-corrected chi connectivity index (χ0v) is 20.8. The van der Waals surface area contributed by atoms with Gasteiger partial charge < -0.3 is 20.1 Å². The highest BCUT2D eigenvalue weighted by Gasteiger charge is 2.22. The van der Waals surface area contributed by atoms with E-state index in [1.54, 1.807) is 4.90 Å². The Hall–Kier alpha value is -1.36. The van der Waals surface area contributed by atoms with Gasteiger partial charge in [0.05, 0.1) is 6.54 Å². The number of carbonyl (C=O) groups excluding carboxylic acids is 1. The van der Waals surface area contributed by atoms with Crippen LogP contribution in [0.1, 0.15) is 39.4 Å². The summed E-state index contributed by atoms with van der Waals surface area (Å²) >= 11 is 0. The van der Waals surface area contributed by atoms with Crippen LogP contribution in [0.3, 0.4) is 0 Å². The van der Waals surface area contributed by atoms with Crippen molar-refractivity contribution in [1.29, 1.82) is 0 Å². The predicted octanol–water partition coefficient (Wildman–Crippen LogP) is 1.76. The van der Waals surface area contributed by atoms with Crippen LogP contribution >= 0.6 is 24.0 Å². The summed E-state index contributed by atoms with van der Waals surface area (Å²) in [4.78, 5) is 25.0. The van der Waals surface area contributed by atoms with Gasteiger partial charge in [0, 0.05) is 58.7 Å². The number of likely N-dealkylation sites (tertiary alicyclic amines) is 1. The number of aromatic nitrogens is 2. The van der Waals surface area contributed by atoms with Crippen molar-refractivity contribution in [3.8, 4) is 0 Å². The molecule has 0 atom stereocenters. The van der Waals surface area contributed by atoms with Gasteiger partial charge in [0.15, 0.2) is 5.96 Å². The normalized spacial score (nSPS) is 15.9.